The van der Waals surface area contributed by atoms with Crippen molar-refractivity contribution in [2.24, 2.45) is 5.92 Å². The minimum Gasteiger partial charge on any atom is -0.352 e. The zero-order valence-electron chi connectivity index (χ0n) is 15.5. The van der Waals surface area contributed by atoms with Crippen LogP contribution in [0.1, 0.15) is 71.4 Å². The summed E-state index contributed by atoms with van der Waals surface area (Å²) < 4.78 is 0. The van der Waals surface area contributed by atoms with Crippen molar-refractivity contribution < 1.29 is 9.59 Å². The Kier molecular flexibility index (Phi) is 9.13. The molecular formula is C20H32N2O2. The largest absolute Gasteiger partial charge is 0.352 e. The first-order valence-corrected chi connectivity index (χ1v) is 9.08. The fourth-order valence-electron chi connectivity index (χ4n) is 2.64. The smallest absolute Gasteiger partial charge is 0.247 e. The van der Waals surface area contributed by atoms with Gasteiger partial charge in [0.05, 0.1) is 0 Å². The molecule has 4 nitrogen and oxygen atoms in total. The summed E-state index contributed by atoms with van der Waals surface area (Å²) in [6.07, 6.45) is 4.82. The zero-order valence-corrected chi connectivity index (χ0v) is 15.5. The number of carbonyl (C=O) groups is 2. The van der Waals surface area contributed by atoms with Crippen molar-refractivity contribution >= 4 is 11.8 Å². The van der Waals surface area contributed by atoms with Crippen LogP contribution in [-0.4, -0.2) is 17.9 Å². The molecule has 0 aliphatic heterocycles. The molecule has 0 bridgehead atoms. The van der Waals surface area contributed by atoms with E-state index in [1.807, 2.05) is 51.1 Å². The second-order valence-corrected chi connectivity index (χ2v) is 6.91. The molecular weight excluding hydrogens is 300 g/mol. The van der Waals surface area contributed by atoms with E-state index in [0.29, 0.717) is 6.42 Å². The Bertz CT molecular complexity index is 500. The van der Waals surface area contributed by atoms with Crippen LogP contribution in [0.5, 0.6) is 0 Å². The van der Waals surface area contributed by atoms with E-state index in [2.05, 4.69) is 17.6 Å². The van der Waals surface area contributed by atoms with Gasteiger partial charge in [0, 0.05) is 12.5 Å². The highest BCUT2D eigenvalue weighted by Gasteiger charge is 2.23. The Balaban J connectivity index is 2.73. The maximum Gasteiger partial charge on any atom is 0.247 e. The number of amides is 2. The summed E-state index contributed by atoms with van der Waals surface area (Å²) in [5.41, 5.74) is 0.813. The van der Waals surface area contributed by atoms with Gasteiger partial charge in [-0.1, -0.05) is 70.4 Å². The zero-order chi connectivity index (χ0) is 17.9. The minimum absolute atomic E-state index is 0.0901. The quantitative estimate of drug-likeness (QED) is 0.637. The number of unbranched alkanes of at least 4 members (excludes halogenated alkanes) is 2. The summed E-state index contributed by atoms with van der Waals surface area (Å²) in [6, 6.07) is 8.90. The van der Waals surface area contributed by atoms with Gasteiger partial charge in [-0.3, -0.25) is 9.59 Å². The highest BCUT2D eigenvalue weighted by Crippen LogP contribution is 2.15. The summed E-state index contributed by atoms with van der Waals surface area (Å²) in [6.45, 7) is 8.17. The van der Waals surface area contributed by atoms with Crippen LogP contribution >= 0.6 is 0 Å². The highest BCUT2D eigenvalue weighted by molar-refractivity contribution is 5.88. The van der Waals surface area contributed by atoms with E-state index in [9.17, 15) is 9.59 Å². The third-order valence-corrected chi connectivity index (χ3v) is 3.92. The van der Waals surface area contributed by atoms with E-state index < -0.39 is 6.04 Å². The third kappa shape index (κ3) is 7.62. The minimum atomic E-state index is -0.633. The van der Waals surface area contributed by atoms with E-state index in [-0.39, 0.29) is 23.8 Å². The molecule has 0 aliphatic rings. The lowest BCUT2D eigenvalue weighted by atomic mass is 10.0. The van der Waals surface area contributed by atoms with Gasteiger partial charge in [-0.15, -0.1) is 0 Å². The van der Waals surface area contributed by atoms with Crippen LogP contribution in [-0.2, 0) is 9.59 Å². The third-order valence-electron chi connectivity index (χ3n) is 3.92. The van der Waals surface area contributed by atoms with E-state index in [0.717, 1.165) is 18.4 Å². The molecule has 2 atom stereocenters. The Hall–Kier alpha value is -1.84. The second-order valence-electron chi connectivity index (χ2n) is 6.91. The lowest BCUT2D eigenvalue weighted by Crippen LogP contribution is -2.43. The number of carbonyl (C=O) groups excluding carboxylic acids is 2. The molecule has 134 valence electrons. The molecule has 0 heterocycles. The number of rotatable bonds is 10. The lowest BCUT2D eigenvalue weighted by Gasteiger charge is -2.22. The molecule has 1 aromatic carbocycles. The van der Waals surface area contributed by atoms with Crippen LogP contribution in [0.2, 0.25) is 0 Å². The molecule has 2 N–H and O–H groups in total. The van der Waals surface area contributed by atoms with Crippen LogP contribution in [0.25, 0.3) is 0 Å². The molecule has 0 spiro atoms. The van der Waals surface area contributed by atoms with Crippen LogP contribution in [0.3, 0.4) is 0 Å². The summed E-state index contributed by atoms with van der Waals surface area (Å²) >= 11 is 0. The molecule has 1 rings (SSSR count). The molecule has 4 heteroatoms. The van der Waals surface area contributed by atoms with Gasteiger partial charge in [0.25, 0.3) is 0 Å². The van der Waals surface area contributed by atoms with Gasteiger partial charge in [-0.25, -0.2) is 0 Å². The molecule has 0 aromatic heterocycles. The van der Waals surface area contributed by atoms with Gasteiger partial charge in [-0.2, -0.15) is 0 Å². The summed E-state index contributed by atoms with van der Waals surface area (Å²) in [5.74, 6) is 0.0346. The first kappa shape index (κ1) is 20.2. The Morgan fingerprint density at radius 3 is 2.25 bits per heavy atom. The Labute approximate surface area is 146 Å². The van der Waals surface area contributed by atoms with E-state index in [1.165, 1.54) is 12.8 Å². The second kappa shape index (κ2) is 10.8. The highest BCUT2D eigenvalue weighted by atomic mass is 16.2. The fourth-order valence-corrected chi connectivity index (χ4v) is 2.64. The predicted octanol–water partition coefficient (Wildman–Crippen LogP) is 3.98. The molecule has 0 aliphatic carbocycles. The van der Waals surface area contributed by atoms with Gasteiger partial charge in [-0.05, 0) is 24.8 Å². The molecule has 0 fully saturated rings. The summed E-state index contributed by atoms with van der Waals surface area (Å²) in [7, 11) is 0. The lowest BCUT2D eigenvalue weighted by molar-refractivity contribution is -0.130. The van der Waals surface area contributed by atoms with E-state index >= 15 is 0 Å². The average molecular weight is 332 g/mol. The standard InChI is InChI=1S/C20H32N2O2/c1-5-6-8-11-16(4)21-20(24)19(17-12-9-7-10-13-17)22-18(23)14-15(2)3/h7,9-10,12-13,15-16,19H,5-6,8,11,14H2,1-4H3,(H,21,24)(H,22,23). The molecule has 0 radical (unpaired) electrons. The monoisotopic (exact) mass is 332 g/mol. The van der Waals surface area contributed by atoms with Crippen LogP contribution in [0, 0.1) is 5.92 Å². The number of benzene rings is 1. The number of nitrogens with one attached hydrogen (secondary N) is 2. The van der Waals surface area contributed by atoms with Gasteiger partial charge >= 0.3 is 0 Å². The van der Waals surface area contributed by atoms with Crippen molar-refractivity contribution in [2.75, 3.05) is 0 Å². The normalized spacial score (nSPS) is 13.4. The van der Waals surface area contributed by atoms with E-state index in [4.69, 9.17) is 0 Å². The van der Waals surface area contributed by atoms with Crippen molar-refractivity contribution in [2.45, 2.75) is 71.9 Å². The van der Waals surface area contributed by atoms with Crippen LogP contribution in [0.15, 0.2) is 30.3 Å². The Morgan fingerprint density at radius 1 is 1.00 bits per heavy atom. The van der Waals surface area contributed by atoms with E-state index in [1.54, 1.807) is 0 Å². The predicted molar refractivity (Wildman–Crippen MR) is 98.5 cm³/mol. The van der Waals surface area contributed by atoms with Crippen molar-refractivity contribution in [3.8, 4) is 0 Å². The van der Waals surface area contributed by atoms with Gasteiger partial charge in [0.1, 0.15) is 6.04 Å². The summed E-state index contributed by atoms with van der Waals surface area (Å²) in [5, 5.41) is 5.93. The summed E-state index contributed by atoms with van der Waals surface area (Å²) in [4.78, 5) is 24.8. The fraction of sp³-hybridized carbons (Fsp3) is 0.600. The van der Waals surface area contributed by atoms with Crippen molar-refractivity contribution in [3.63, 3.8) is 0 Å². The number of hydrogen-bond donors (Lipinski definition) is 2. The van der Waals surface area contributed by atoms with Crippen molar-refractivity contribution in [1.82, 2.24) is 10.6 Å². The average Bonchev–Trinajstić information content (AvgIpc) is 2.53. The molecule has 2 unspecified atom stereocenters. The molecule has 1 aromatic rings. The number of hydrogen-bond acceptors (Lipinski definition) is 2. The first-order valence-electron chi connectivity index (χ1n) is 9.08. The van der Waals surface area contributed by atoms with Crippen LogP contribution in [0.4, 0.5) is 0 Å². The van der Waals surface area contributed by atoms with Gasteiger partial charge < -0.3 is 10.6 Å². The Morgan fingerprint density at radius 2 is 1.67 bits per heavy atom. The molecule has 2 amide bonds. The van der Waals surface area contributed by atoms with Crippen LogP contribution < -0.4 is 10.6 Å². The van der Waals surface area contributed by atoms with Crippen molar-refractivity contribution in [1.29, 1.82) is 0 Å². The van der Waals surface area contributed by atoms with Gasteiger partial charge in [0.15, 0.2) is 0 Å². The maximum absolute atomic E-state index is 12.7. The van der Waals surface area contributed by atoms with Crippen molar-refractivity contribution in [3.05, 3.63) is 35.9 Å². The molecule has 0 saturated carbocycles. The molecule has 0 saturated heterocycles. The van der Waals surface area contributed by atoms with Gasteiger partial charge in [0.2, 0.25) is 11.8 Å². The SMILES string of the molecule is CCCCCC(C)NC(=O)C(NC(=O)CC(C)C)c1ccccc1. The maximum atomic E-state index is 12.7. The first-order chi connectivity index (χ1) is 11.4. The molecule has 24 heavy (non-hydrogen) atoms. The topological polar surface area (TPSA) is 58.2 Å².